The van der Waals surface area contributed by atoms with E-state index in [2.05, 4.69) is 9.57 Å². The van der Waals surface area contributed by atoms with Crippen LogP contribution in [0.25, 0.3) is 0 Å². The minimum Gasteiger partial charge on any atom is -0.478 e. The standard InChI is InChI=1S/C12H15NO6/c1-17-10(11(14)15)13(18-2)12(16)19-8-9-6-4-3-5-7-9/h3-7,10H,8H2,1-2H3,(H,14,15). The fourth-order valence-corrected chi connectivity index (χ4v) is 1.35. The summed E-state index contributed by atoms with van der Waals surface area (Å²) in [7, 11) is 2.30. The molecule has 1 atom stereocenters. The number of aliphatic carboxylic acids is 1. The van der Waals surface area contributed by atoms with Crippen molar-refractivity contribution in [3.63, 3.8) is 0 Å². The molecule has 1 rings (SSSR count). The lowest BCUT2D eigenvalue weighted by Gasteiger charge is -2.23. The first kappa shape index (κ1) is 14.9. The molecule has 7 nitrogen and oxygen atoms in total. The second-order valence-corrected chi connectivity index (χ2v) is 3.47. The maximum atomic E-state index is 11.7. The van der Waals surface area contributed by atoms with Gasteiger partial charge in [-0.05, 0) is 5.56 Å². The molecule has 0 bridgehead atoms. The molecular formula is C12H15NO6. The summed E-state index contributed by atoms with van der Waals surface area (Å²) in [5.74, 6) is -1.36. The van der Waals surface area contributed by atoms with Crippen molar-refractivity contribution < 1.29 is 29.0 Å². The van der Waals surface area contributed by atoms with Gasteiger partial charge in [0.05, 0.1) is 7.11 Å². The van der Waals surface area contributed by atoms with Crippen LogP contribution in [0.5, 0.6) is 0 Å². The minimum atomic E-state index is -1.56. The van der Waals surface area contributed by atoms with Crippen molar-refractivity contribution in [1.29, 1.82) is 0 Å². The van der Waals surface area contributed by atoms with E-state index < -0.39 is 18.3 Å². The van der Waals surface area contributed by atoms with E-state index in [9.17, 15) is 9.59 Å². The topological polar surface area (TPSA) is 85.3 Å². The van der Waals surface area contributed by atoms with Gasteiger partial charge in [0.15, 0.2) is 0 Å². The molecule has 0 spiro atoms. The highest BCUT2D eigenvalue weighted by Crippen LogP contribution is 2.07. The highest BCUT2D eigenvalue weighted by molar-refractivity contribution is 5.77. The summed E-state index contributed by atoms with van der Waals surface area (Å²) >= 11 is 0. The van der Waals surface area contributed by atoms with Gasteiger partial charge >= 0.3 is 12.1 Å². The number of hydrogen-bond donors (Lipinski definition) is 1. The molecule has 1 aromatic carbocycles. The van der Waals surface area contributed by atoms with Gasteiger partial charge in [-0.3, -0.25) is 4.84 Å². The van der Waals surface area contributed by atoms with Gasteiger partial charge in [-0.25, -0.2) is 9.59 Å². The number of ether oxygens (including phenoxy) is 2. The van der Waals surface area contributed by atoms with Crippen LogP contribution in [-0.2, 0) is 25.7 Å². The molecule has 1 N–H and O–H groups in total. The predicted molar refractivity (Wildman–Crippen MR) is 63.9 cm³/mol. The van der Waals surface area contributed by atoms with Crippen LogP contribution in [-0.4, -0.2) is 42.7 Å². The van der Waals surface area contributed by atoms with E-state index in [0.29, 0.717) is 5.06 Å². The van der Waals surface area contributed by atoms with E-state index in [0.717, 1.165) is 19.8 Å². The molecule has 7 heteroatoms. The second-order valence-electron chi connectivity index (χ2n) is 3.47. The van der Waals surface area contributed by atoms with Crippen molar-refractivity contribution >= 4 is 12.1 Å². The minimum absolute atomic E-state index is 0.00951. The van der Waals surface area contributed by atoms with Crippen LogP contribution in [0.2, 0.25) is 0 Å². The number of benzene rings is 1. The third kappa shape index (κ3) is 4.23. The van der Waals surface area contributed by atoms with E-state index in [4.69, 9.17) is 9.84 Å². The zero-order valence-corrected chi connectivity index (χ0v) is 10.6. The van der Waals surface area contributed by atoms with Crippen LogP contribution in [0.4, 0.5) is 4.79 Å². The summed E-state index contributed by atoms with van der Waals surface area (Å²) in [5, 5.41) is 9.36. The second kappa shape index (κ2) is 7.34. The summed E-state index contributed by atoms with van der Waals surface area (Å²) in [6, 6.07) is 8.97. The summed E-state index contributed by atoms with van der Waals surface area (Å²) in [6.45, 7) is 0.00951. The summed E-state index contributed by atoms with van der Waals surface area (Å²) < 4.78 is 9.57. The number of carboxylic acids is 1. The predicted octanol–water partition coefficient (Wildman–Crippen LogP) is 1.24. The molecule has 0 aromatic heterocycles. The van der Waals surface area contributed by atoms with Crippen LogP contribution < -0.4 is 0 Å². The Balaban J connectivity index is 2.61. The van der Waals surface area contributed by atoms with E-state index in [1.807, 2.05) is 6.07 Å². The van der Waals surface area contributed by atoms with Crippen molar-refractivity contribution in [3.05, 3.63) is 35.9 Å². The molecule has 0 saturated heterocycles. The Morgan fingerprint density at radius 3 is 2.37 bits per heavy atom. The van der Waals surface area contributed by atoms with Gasteiger partial charge in [0.1, 0.15) is 6.61 Å². The zero-order chi connectivity index (χ0) is 14.3. The Labute approximate surface area is 110 Å². The molecule has 1 unspecified atom stereocenters. The zero-order valence-electron chi connectivity index (χ0n) is 10.6. The normalized spacial score (nSPS) is 11.7. The number of amides is 1. The number of carboxylic acid groups (broad SMARTS) is 1. The van der Waals surface area contributed by atoms with Crippen LogP contribution in [0.15, 0.2) is 30.3 Å². The highest BCUT2D eigenvalue weighted by atomic mass is 16.7. The van der Waals surface area contributed by atoms with Crippen molar-refractivity contribution in [3.8, 4) is 0 Å². The average Bonchev–Trinajstić information content (AvgIpc) is 2.42. The largest absolute Gasteiger partial charge is 0.478 e. The number of carbonyl (C=O) groups excluding carboxylic acids is 1. The molecule has 0 aliphatic heterocycles. The van der Waals surface area contributed by atoms with Crippen molar-refractivity contribution in [1.82, 2.24) is 5.06 Å². The van der Waals surface area contributed by atoms with E-state index >= 15 is 0 Å². The third-order valence-corrected chi connectivity index (χ3v) is 2.23. The maximum Gasteiger partial charge on any atom is 0.437 e. The Bertz CT molecular complexity index is 421. The Morgan fingerprint density at radius 2 is 1.89 bits per heavy atom. The SMILES string of the molecule is COC(C(=O)O)N(OC)C(=O)OCc1ccccc1. The number of hydroxylamine groups is 2. The Kier molecular flexibility index (Phi) is 5.77. The van der Waals surface area contributed by atoms with Crippen molar-refractivity contribution in [2.75, 3.05) is 14.2 Å². The molecule has 0 radical (unpaired) electrons. The van der Waals surface area contributed by atoms with E-state index in [1.165, 1.54) is 0 Å². The van der Waals surface area contributed by atoms with E-state index in [1.54, 1.807) is 24.3 Å². The fraction of sp³-hybridized carbons (Fsp3) is 0.333. The van der Waals surface area contributed by atoms with Gasteiger partial charge in [0.2, 0.25) is 0 Å². The smallest absolute Gasteiger partial charge is 0.437 e. The average molecular weight is 269 g/mol. The maximum absolute atomic E-state index is 11.7. The van der Waals surface area contributed by atoms with Crippen LogP contribution in [0, 0.1) is 0 Å². The number of rotatable bonds is 6. The number of hydrogen-bond acceptors (Lipinski definition) is 5. The third-order valence-electron chi connectivity index (χ3n) is 2.23. The molecule has 0 fully saturated rings. The molecule has 0 heterocycles. The van der Waals surface area contributed by atoms with Crippen molar-refractivity contribution in [2.45, 2.75) is 12.8 Å². The number of carbonyl (C=O) groups is 2. The molecule has 1 amide bonds. The molecule has 0 saturated carbocycles. The number of nitrogens with zero attached hydrogens (tertiary/aromatic N) is 1. The molecule has 0 aliphatic rings. The number of methoxy groups -OCH3 is 1. The summed E-state index contributed by atoms with van der Waals surface area (Å²) in [5.41, 5.74) is 0.774. The lowest BCUT2D eigenvalue weighted by atomic mass is 10.2. The fourth-order valence-electron chi connectivity index (χ4n) is 1.35. The molecule has 19 heavy (non-hydrogen) atoms. The first-order chi connectivity index (χ1) is 9.10. The van der Waals surface area contributed by atoms with Crippen LogP contribution >= 0.6 is 0 Å². The molecular weight excluding hydrogens is 254 g/mol. The van der Waals surface area contributed by atoms with Crippen LogP contribution in [0.1, 0.15) is 5.56 Å². The molecule has 104 valence electrons. The Hall–Kier alpha value is -2.12. The molecule has 0 aliphatic carbocycles. The highest BCUT2D eigenvalue weighted by Gasteiger charge is 2.31. The lowest BCUT2D eigenvalue weighted by molar-refractivity contribution is -0.216. The van der Waals surface area contributed by atoms with Crippen LogP contribution in [0.3, 0.4) is 0 Å². The van der Waals surface area contributed by atoms with Gasteiger partial charge in [0.25, 0.3) is 6.23 Å². The quantitative estimate of drug-likeness (QED) is 0.617. The van der Waals surface area contributed by atoms with Gasteiger partial charge in [0, 0.05) is 7.11 Å². The van der Waals surface area contributed by atoms with E-state index in [-0.39, 0.29) is 6.61 Å². The van der Waals surface area contributed by atoms with Gasteiger partial charge in [-0.15, -0.1) is 5.06 Å². The van der Waals surface area contributed by atoms with Gasteiger partial charge in [-0.2, -0.15) is 0 Å². The summed E-state index contributed by atoms with van der Waals surface area (Å²) in [6.07, 6.45) is -2.51. The van der Waals surface area contributed by atoms with Gasteiger partial charge in [-0.1, -0.05) is 30.3 Å². The first-order valence-corrected chi connectivity index (χ1v) is 5.39. The lowest BCUT2D eigenvalue weighted by Crippen LogP contribution is -2.45. The molecule has 1 aromatic rings. The Morgan fingerprint density at radius 1 is 1.26 bits per heavy atom. The summed E-state index contributed by atoms with van der Waals surface area (Å²) in [4.78, 5) is 27.2. The monoisotopic (exact) mass is 269 g/mol. The first-order valence-electron chi connectivity index (χ1n) is 5.39. The van der Waals surface area contributed by atoms with Crippen molar-refractivity contribution in [2.24, 2.45) is 0 Å². The van der Waals surface area contributed by atoms with Gasteiger partial charge < -0.3 is 14.6 Å².